The summed E-state index contributed by atoms with van der Waals surface area (Å²) in [5.74, 6) is -1.04. The minimum absolute atomic E-state index is 0.218. The van der Waals surface area contributed by atoms with E-state index in [-0.39, 0.29) is 11.6 Å². The van der Waals surface area contributed by atoms with E-state index < -0.39 is 11.1 Å². The third kappa shape index (κ3) is 2.99. The first-order valence-electron chi connectivity index (χ1n) is 3.23. The van der Waals surface area contributed by atoms with Gasteiger partial charge >= 0.3 is 5.97 Å². The molecule has 1 aliphatic heterocycles. The number of carbonyl (C=O) groups is 1. The summed E-state index contributed by atoms with van der Waals surface area (Å²) in [6.45, 7) is 0. The zero-order valence-corrected chi connectivity index (χ0v) is 9.89. The Morgan fingerprint density at radius 2 is 2.46 bits per heavy atom. The topological polar surface area (TPSA) is 61.7 Å². The van der Waals surface area contributed by atoms with Gasteiger partial charge in [0.15, 0.2) is 0 Å². The second-order valence-electron chi connectivity index (χ2n) is 2.37. The molecule has 0 saturated heterocycles. The van der Waals surface area contributed by atoms with Gasteiger partial charge in [-0.3, -0.25) is 4.79 Å². The lowest BCUT2D eigenvalue weighted by Gasteiger charge is -2.24. The molecule has 0 aromatic heterocycles. The molecule has 2 N–H and O–H groups in total. The van der Waals surface area contributed by atoms with Crippen LogP contribution in [0.4, 0.5) is 0 Å². The van der Waals surface area contributed by atoms with Gasteiger partial charge < -0.3 is 10.4 Å². The number of rotatable bonds is 2. The largest absolute Gasteiger partial charge is 0.481 e. The highest BCUT2D eigenvalue weighted by Crippen LogP contribution is 2.26. The summed E-state index contributed by atoms with van der Waals surface area (Å²) in [4.78, 5) is 14.2. The van der Waals surface area contributed by atoms with Gasteiger partial charge in [0.2, 0.25) is 5.12 Å². The maximum atomic E-state index is 10.4. The number of nitrogens with one attached hydrogen (secondary N) is 1. The molecule has 4 nitrogen and oxygen atoms in total. The Kier molecular flexibility index (Phi) is 3.42. The van der Waals surface area contributed by atoms with E-state index in [9.17, 15) is 4.79 Å². The van der Waals surface area contributed by atoms with Crippen molar-refractivity contribution in [1.29, 1.82) is 0 Å². The van der Waals surface area contributed by atoms with Crippen LogP contribution in [0.5, 0.6) is 0 Å². The van der Waals surface area contributed by atoms with E-state index in [1.54, 1.807) is 0 Å². The van der Waals surface area contributed by atoms with Crippen molar-refractivity contribution in [3.05, 3.63) is 9.78 Å². The van der Waals surface area contributed by atoms with Gasteiger partial charge in [0.1, 0.15) is 11.6 Å². The number of carboxylic acids is 1. The lowest BCUT2D eigenvalue weighted by Crippen LogP contribution is -2.39. The molecule has 1 atom stereocenters. The highest BCUT2D eigenvalue weighted by molar-refractivity contribution is 14.1. The van der Waals surface area contributed by atoms with Gasteiger partial charge in [-0.2, -0.15) is 0 Å². The minimum atomic E-state index is -1.35. The highest BCUT2D eigenvalue weighted by Gasteiger charge is 2.31. The van der Waals surface area contributed by atoms with Crippen LogP contribution < -0.4 is 5.32 Å². The summed E-state index contributed by atoms with van der Waals surface area (Å²) >= 11 is 13.5. The first-order valence-corrected chi connectivity index (χ1v) is 5.06. The predicted octanol–water partition coefficient (Wildman–Crippen LogP) is 1.87. The molecule has 1 aliphatic rings. The molecule has 0 aliphatic carbocycles. The first-order chi connectivity index (χ1) is 5.93. The zero-order valence-electron chi connectivity index (χ0n) is 6.22. The SMILES string of the molecule is O=C(O)CC1(Cl)N=C(Cl)C(I)=CN1. The van der Waals surface area contributed by atoms with Crippen molar-refractivity contribution in [1.82, 2.24) is 5.32 Å². The number of allylic oxidation sites excluding steroid dienone is 1. The smallest absolute Gasteiger partial charge is 0.309 e. The summed E-state index contributed by atoms with van der Waals surface area (Å²) in [6, 6.07) is 0. The van der Waals surface area contributed by atoms with Gasteiger partial charge in [-0.15, -0.1) is 0 Å². The fourth-order valence-electron chi connectivity index (χ4n) is 0.766. The molecule has 0 aromatic rings. The van der Waals surface area contributed by atoms with Crippen molar-refractivity contribution in [2.24, 2.45) is 4.99 Å². The number of nitrogens with zero attached hydrogens (tertiary/aromatic N) is 1. The summed E-state index contributed by atoms with van der Waals surface area (Å²) < 4.78 is 0.695. The molecule has 0 aromatic carbocycles. The van der Waals surface area contributed by atoms with Crippen LogP contribution >= 0.6 is 45.8 Å². The average Bonchev–Trinajstić information content (AvgIpc) is 1.96. The number of hydrogen-bond acceptors (Lipinski definition) is 3. The Morgan fingerprint density at radius 3 is 2.92 bits per heavy atom. The standard InChI is InChI=1S/C6H5Cl2IN2O2/c7-5-3(9)2-10-6(8,11-5)1-4(12)13/h2,10H,1H2,(H,12,13). The Morgan fingerprint density at radius 1 is 1.85 bits per heavy atom. The Balaban J connectivity index is 2.81. The summed E-state index contributed by atoms with van der Waals surface area (Å²) in [5, 5.41) is 10.0. The van der Waals surface area contributed by atoms with Crippen LogP contribution in [0, 0.1) is 0 Å². The van der Waals surface area contributed by atoms with E-state index in [4.69, 9.17) is 28.3 Å². The highest BCUT2D eigenvalue weighted by atomic mass is 127. The molecule has 13 heavy (non-hydrogen) atoms. The quantitative estimate of drug-likeness (QED) is 0.460. The Labute approximate surface area is 98.1 Å². The maximum absolute atomic E-state index is 10.4. The van der Waals surface area contributed by atoms with E-state index >= 15 is 0 Å². The molecule has 0 spiro atoms. The third-order valence-electron chi connectivity index (χ3n) is 1.28. The minimum Gasteiger partial charge on any atom is -0.481 e. The summed E-state index contributed by atoms with van der Waals surface area (Å²) in [5.41, 5.74) is 0. The van der Waals surface area contributed by atoms with Crippen molar-refractivity contribution in [3.8, 4) is 0 Å². The first kappa shape index (κ1) is 11.1. The Bertz CT molecular complexity index is 305. The lowest BCUT2D eigenvalue weighted by atomic mass is 10.3. The number of alkyl halides is 1. The van der Waals surface area contributed by atoms with E-state index in [2.05, 4.69) is 10.3 Å². The number of aliphatic imine (C=N–C) groups is 1. The molecular formula is C6H5Cl2IN2O2. The van der Waals surface area contributed by atoms with Crippen molar-refractivity contribution >= 4 is 56.9 Å². The molecule has 0 saturated carbocycles. The van der Waals surface area contributed by atoms with Crippen molar-refractivity contribution < 1.29 is 9.90 Å². The van der Waals surface area contributed by atoms with E-state index in [1.165, 1.54) is 6.20 Å². The van der Waals surface area contributed by atoms with Crippen LogP contribution in [0.2, 0.25) is 0 Å². The molecule has 72 valence electrons. The molecule has 0 fully saturated rings. The second kappa shape index (κ2) is 4.02. The fraction of sp³-hybridized carbons (Fsp3) is 0.333. The number of halogens is 3. The van der Waals surface area contributed by atoms with Gasteiger partial charge in [-0.25, -0.2) is 4.99 Å². The van der Waals surface area contributed by atoms with Gasteiger partial charge in [0, 0.05) is 6.20 Å². The fourth-order valence-corrected chi connectivity index (χ4v) is 1.54. The molecule has 1 heterocycles. The predicted molar refractivity (Wildman–Crippen MR) is 59.4 cm³/mol. The number of hydrogen-bond donors (Lipinski definition) is 2. The summed E-state index contributed by atoms with van der Waals surface area (Å²) in [7, 11) is 0. The van der Waals surface area contributed by atoms with Crippen molar-refractivity contribution in [3.63, 3.8) is 0 Å². The summed E-state index contributed by atoms with van der Waals surface area (Å²) in [6.07, 6.45) is 1.21. The van der Waals surface area contributed by atoms with Crippen molar-refractivity contribution in [2.75, 3.05) is 0 Å². The van der Waals surface area contributed by atoms with Crippen molar-refractivity contribution in [2.45, 2.75) is 11.5 Å². The monoisotopic (exact) mass is 334 g/mol. The van der Waals surface area contributed by atoms with Gasteiger partial charge in [0.05, 0.1) is 3.58 Å². The van der Waals surface area contributed by atoms with E-state index in [0.29, 0.717) is 3.58 Å². The van der Waals surface area contributed by atoms with Crippen LogP contribution in [0.1, 0.15) is 6.42 Å². The van der Waals surface area contributed by atoms with Gasteiger partial charge in [-0.1, -0.05) is 23.2 Å². The molecule has 1 rings (SSSR count). The van der Waals surface area contributed by atoms with E-state index in [0.717, 1.165) is 0 Å². The van der Waals surface area contributed by atoms with Crippen LogP contribution in [-0.4, -0.2) is 21.4 Å². The maximum Gasteiger partial charge on any atom is 0.309 e. The molecule has 0 bridgehead atoms. The lowest BCUT2D eigenvalue weighted by molar-refractivity contribution is -0.137. The van der Waals surface area contributed by atoms with Crippen LogP contribution in [0.3, 0.4) is 0 Å². The molecule has 7 heteroatoms. The third-order valence-corrected chi connectivity index (χ3v) is 3.03. The molecular weight excluding hydrogens is 330 g/mol. The number of aliphatic carboxylic acids is 1. The van der Waals surface area contributed by atoms with Gasteiger partial charge in [-0.05, 0) is 22.6 Å². The van der Waals surface area contributed by atoms with Crippen LogP contribution in [-0.2, 0) is 4.79 Å². The normalized spacial score (nSPS) is 27.3. The van der Waals surface area contributed by atoms with E-state index in [1.807, 2.05) is 22.6 Å². The molecule has 0 radical (unpaired) electrons. The molecule has 1 unspecified atom stereocenters. The van der Waals surface area contributed by atoms with Gasteiger partial charge in [0.25, 0.3) is 0 Å². The average molecular weight is 335 g/mol. The number of carboxylic acid groups (broad SMARTS) is 1. The second-order valence-corrected chi connectivity index (χ2v) is 4.51. The zero-order chi connectivity index (χ0) is 10.1. The van der Waals surface area contributed by atoms with Crippen LogP contribution in [0.25, 0.3) is 0 Å². The molecule has 0 amide bonds. The Hall–Kier alpha value is -0.0100. The van der Waals surface area contributed by atoms with Crippen LogP contribution in [0.15, 0.2) is 14.8 Å².